The van der Waals surface area contributed by atoms with E-state index in [1.165, 1.54) is 25.7 Å². The zero-order valence-corrected chi connectivity index (χ0v) is 6.73. The topological polar surface area (TPSA) is 17.1 Å². The molecular weight excluding hydrogens is 124 g/mol. The molecule has 1 fully saturated rings. The van der Waals surface area contributed by atoms with Gasteiger partial charge in [0.05, 0.1) is 0 Å². The minimum atomic E-state index is 0.487. The van der Waals surface area contributed by atoms with E-state index in [0.717, 1.165) is 18.8 Å². The van der Waals surface area contributed by atoms with Gasteiger partial charge in [-0.3, -0.25) is 4.79 Å². The van der Waals surface area contributed by atoms with Crippen LogP contribution in [0.25, 0.3) is 0 Å². The van der Waals surface area contributed by atoms with Crippen LogP contribution in [0.2, 0.25) is 0 Å². The van der Waals surface area contributed by atoms with Gasteiger partial charge >= 0.3 is 0 Å². The molecule has 58 valence electrons. The first-order valence-corrected chi connectivity index (χ1v) is 4.34. The van der Waals surface area contributed by atoms with Crippen LogP contribution in [0.4, 0.5) is 0 Å². The van der Waals surface area contributed by atoms with E-state index in [2.05, 4.69) is 6.92 Å². The molecule has 0 aromatic carbocycles. The molecule has 0 bridgehead atoms. The van der Waals surface area contributed by atoms with Crippen molar-refractivity contribution in [1.82, 2.24) is 0 Å². The molecule has 1 nitrogen and oxygen atoms in total. The van der Waals surface area contributed by atoms with Gasteiger partial charge in [0.2, 0.25) is 0 Å². The van der Waals surface area contributed by atoms with Gasteiger partial charge in [-0.1, -0.05) is 26.2 Å². The molecule has 0 radical (unpaired) electrons. The van der Waals surface area contributed by atoms with Crippen molar-refractivity contribution in [2.75, 3.05) is 0 Å². The summed E-state index contributed by atoms with van der Waals surface area (Å²) in [6.45, 7) is 2.21. The van der Waals surface area contributed by atoms with E-state index in [1.54, 1.807) is 0 Å². The highest BCUT2D eigenvalue weighted by Gasteiger charge is 2.20. The van der Waals surface area contributed by atoms with Crippen LogP contribution in [0.15, 0.2) is 0 Å². The molecule has 10 heavy (non-hydrogen) atoms. The highest BCUT2D eigenvalue weighted by atomic mass is 16.1. The lowest BCUT2D eigenvalue weighted by Gasteiger charge is -2.04. The first kappa shape index (κ1) is 7.77. The minimum Gasteiger partial charge on any atom is -0.300 e. The minimum absolute atomic E-state index is 0.487. The third-order valence-corrected chi connectivity index (χ3v) is 2.31. The summed E-state index contributed by atoms with van der Waals surface area (Å²) in [7, 11) is 0. The third kappa shape index (κ3) is 2.13. The summed E-state index contributed by atoms with van der Waals surface area (Å²) in [6, 6.07) is 0. The molecule has 1 rings (SSSR count). The summed E-state index contributed by atoms with van der Waals surface area (Å²) in [5.74, 6) is 1.23. The Morgan fingerprint density at radius 2 is 2.40 bits per heavy atom. The summed E-state index contributed by atoms with van der Waals surface area (Å²) in [6.07, 6.45) is 6.75. The second kappa shape index (κ2) is 3.75. The standard InChI is InChI=1S/C9H16O/c1-2-3-4-8-5-6-9(10)7-8/h8H,2-7H2,1H3. The maximum absolute atomic E-state index is 10.8. The fourth-order valence-corrected chi connectivity index (χ4v) is 1.63. The van der Waals surface area contributed by atoms with Gasteiger partial charge in [-0.05, 0) is 12.3 Å². The first-order valence-electron chi connectivity index (χ1n) is 4.34. The number of carbonyl (C=O) groups excluding carboxylic acids is 1. The highest BCUT2D eigenvalue weighted by Crippen LogP contribution is 2.26. The molecule has 1 saturated carbocycles. The molecule has 0 amide bonds. The van der Waals surface area contributed by atoms with E-state index in [0.29, 0.717) is 5.78 Å². The van der Waals surface area contributed by atoms with E-state index in [-0.39, 0.29) is 0 Å². The van der Waals surface area contributed by atoms with Crippen molar-refractivity contribution < 1.29 is 4.79 Å². The smallest absolute Gasteiger partial charge is 0.133 e. The molecule has 0 aromatic heterocycles. The second-order valence-corrected chi connectivity index (χ2v) is 3.29. The number of rotatable bonds is 3. The largest absolute Gasteiger partial charge is 0.300 e. The van der Waals surface area contributed by atoms with Crippen molar-refractivity contribution in [1.29, 1.82) is 0 Å². The molecule has 1 aliphatic carbocycles. The number of Topliss-reactive ketones (excluding diaryl/α,β-unsaturated/α-hetero) is 1. The maximum atomic E-state index is 10.8. The van der Waals surface area contributed by atoms with E-state index >= 15 is 0 Å². The van der Waals surface area contributed by atoms with E-state index < -0.39 is 0 Å². The fourth-order valence-electron chi connectivity index (χ4n) is 1.63. The Balaban J connectivity index is 2.12. The van der Waals surface area contributed by atoms with Crippen LogP contribution in [0.5, 0.6) is 0 Å². The molecule has 0 saturated heterocycles. The van der Waals surface area contributed by atoms with Gasteiger partial charge in [0, 0.05) is 12.8 Å². The van der Waals surface area contributed by atoms with Crippen LogP contribution >= 0.6 is 0 Å². The van der Waals surface area contributed by atoms with Gasteiger partial charge < -0.3 is 0 Å². The normalized spacial score (nSPS) is 25.7. The number of hydrogen-bond donors (Lipinski definition) is 0. The Labute approximate surface area is 62.8 Å². The molecule has 0 aromatic rings. The van der Waals surface area contributed by atoms with Gasteiger partial charge in [0.1, 0.15) is 5.78 Å². The van der Waals surface area contributed by atoms with Crippen molar-refractivity contribution in [2.45, 2.75) is 45.4 Å². The summed E-state index contributed by atoms with van der Waals surface area (Å²) in [4.78, 5) is 10.8. The zero-order chi connectivity index (χ0) is 7.40. The zero-order valence-electron chi connectivity index (χ0n) is 6.73. The highest BCUT2D eigenvalue weighted by molar-refractivity contribution is 5.80. The Bertz CT molecular complexity index is 118. The van der Waals surface area contributed by atoms with Crippen molar-refractivity contribution in [3.05, 3.63) is 0 Å². The van der Waals surface area contributed by atoms with Gasteiger partial charge in [-0.2, -0.15) is 0 Å². The van der Waals surface area contributed by atoms with Crippen molar-refractivity contribution >= 4 is 5.78 Å². The SMILES string of the molecule is CCCCC1CCC(=O)C1. The third-order valence-electron chi connectivity index (χ3n) is 2.31. The number of hydrogen-bond acceptors (Lipinski definition) is 1. The Morgan fingerprint density at radius 3 is 2.90 bits per heavy atom. The maximum Gasteiger partial charge on any atom is 0.133 e. The molecular formula is C9H16O. The predicted octanol–water partition coefficient (Wildman–Crippen LogP) is 2.55. The van der Waals surface area contributed by atoms with Crippen LogP contribution in [0.1, 0.15) is 45.4 Å². The fraction of sp³-hybridized carbons (Fsp3) is 0.889. The molecule has 1 atom stereocenters. The molecule has 0 heterocycles. The summed E-state index contributed by atoms with van der Waals surface area (Å²) >= 11 is 0. The lowest BCUT2D eigenvalue weighted by molar-refractivity contribution is -0.117. The molecule has 1 heteroatoms. The Morgan fingerprint density at radius 1 is 1.60 bits per heavy atom. The molecule has 0 aliphatic heterocycles. The predicted molar refractivity (Wildman–Crippen MR) is 41.9 cm³/mol. The molecule has 1 unspecified atom stereocenters. The van der Waals surface area contributed by atoms with E-state index in [9.17, 15) is 4.79 Å². The number of ketones is 1. The first-order chi connectivity index (χ1) is 4.83. The van der Waals surface area contributed by atoms with Crippen LogP contribution < -0.4 is 0 Å². The number of unbranched alkanes of at least 4 members (excludes halogenated alkanes) is 1. The number of carbonyl (C=O) groups is 1. The van der Waals surface area contributed by atoms with Gasteiger partial charge in [-0.15, -0.1) is 0 Å². The quantitative estimate of drug-likeness (QED) is 0.588. The van der Waals surface area contributed by atoms with Crippen molar-refractivity contribution in [3.63, 3.8) is 0 Å². The average molecular weight is 140 g/mol. The van der Waals surface area contributed by atoms with E-state index in [4.69, 9.17) is 0 Å². The van der Waals surface area contributed by atoms with Crippen LogP contribution in [-0.2, 0) is 4.79 Å². The molecule has 0 spiro atoms. The van der Waals surface area contributed by atoms with Crippen molar-refractivity contribution in [3.8, 4) is 0 Å². The van der Waals surface area contributed by atoms with E-state index in [1.807, 2.05) is 0 Å². The Kier molecular flexibility index (Phi) is 2.91. The summed E-state index contributed by atoms with van der Waals surface area (Å²) < 4.78 is 0. The summed E-state index contributed by atoms with van der Waals surface area (Å²) in [5, 5.41) is 0. The lowest BCUT2D eigenvalue weighted by Crippen LogP contribution is -1.94. The van der Waals surface area contributed by atoms with Gasteiger partial charge in [-0.25, -0.2) is 0 Å². The van der Waals surface area contributed by atoms with Crippen molar-refractivity contribution in [2.24, 2.45) is 5.92 Å². The second-order valence-electron chi connectivity index (χ2n) is 3.29. The van der Waals surface area contributed by atoms with Gasteiger partial charge in [0.25, 0.3) is 0 Å². The molecule has 1 aliphatic rings. The average Bonchev–Trinajstić information content (AvgIpc) is 2.31. The van der Waals surface area contributed by atoms with Crippen LogP contribution in [0, 0.1) is 5.92 Å². The Hall–Kier alpha value is -0.330. The van der Waals surface area contributed by atoms with Gasteiger partial charge in [0.15, 0.2) is 0 Å². The monoisotopic (exact) mass is 140 g/mol. The lowest BCUT2D eigenvalue weighted by atomic mass is 10.0. The molecule has 0 N–H and O–H groups in total. The summed E-state index contributed by atoms with van der Waals surface area (Å²) in [5.41, 5.74) is 0. The van der Waals surface area contributed by atoms with Crippen LogP contribution in [-0.4, -0.2) is 5.78 Å². The van der Waals surface area contributed by atoms with Crippen LogP contribution in [0.3, 0.4) is 0 Å².